The minimum absolute atomic E-state index is 0.208. The van der Waals surface area contributed by atoms with Gasteiger partial charge in [-0.1, -0.05) is 30.3 Å². The number of Topliss-reactive ketones (excluding diaryl/α,β-unsaturated/α-hetero) is 1. The molecule has 0 aliphatic carbocycles. The van der Waals surface area contributed by atoms with Crippen molar-refractivity contribution in [2.24, 2.45) is 0 Å². The zero-order chi connectivity index (χ0) is 10.9. The molecule has 0 fully saturated rings. The van der Waals surface area contributed by atoms with Crippen molar-refractivity contribution < 1.29 is 9.90 Å². The van der Waals surface area contributed by atoms with Gasteiger partial charge < -0.3 is 5.11 Å². The number of rotatable bonds is 7. The average Bonchev–Trinajstić information content (AvgIpc) is 2.26. The Morgan fingerprint density at radius 1 is 1.27 bits per heavy atom. The first kappa shape index (κ1) is 12.3. The Kier molecular flexibility index (Phi) is 6.12. The van der Waals surface area contributed by atoms with Gasteiger partial charge in [0.05, 0.1) is 5.75 Å². The molecule has 0 amide bonds. The van der Waals surface area contributed by atoms with E-state index in [0.29, 0.717) is 12.2 Å². The molecule has 15 heavy (non-hydrogen) atoms. The fourth-order valence-electron chi connectivity index (χ4n) is 1.23. The van der Waals surface area contributed by atoms with Gasteiger partial charge >= 0.3 is 0 Å². The van der Waals surface area contributed by atoms with Crippen LogP contribution in [-0.2, 0) is 11.2 Å². The van der Waals surface area contributed by atoms with Crippen LogP contribution in [0.3, 0.4) is 0 Å². The van der Waals surface area contributed by atoms with Gasteiger partial charge in [-0.2, -0.15) is 11.8 Å². The average molecular weight is 224 g/mol. The Balaban J connectivity index is 2.19. The maximum absolute atomic E-state index is 11.5. The lowest BCUT2D eigenvalue weighted by molar-refractivity contribution is -0.116. The van der Waals surface area contributed by atoms with E-state index in [1.807, 2.05) is 30.3 Å². The third-order valence-corrected chi connectivity index (χ3v) is 3.06. The summed E-state index contributed by atoms with van der Waals surface area (Å²) in [6.45, 7) is 0.208. The molecule has 0 spiro atoms. The van der Waals surface area contributed by atoms with Crippen LogP contribution in [-0.4, -0.2) is 29.0 Å². The maximum Gasteiger partial charge on any atom is 0.147 e. The van der Waals surface area contributed by atoms with Gasteiger partial charge in [0.1, 0.15) is 5.78 Å². The molecular weight excluding hydrogens is 208 g/mol. The third kappa shape index (κ3) is 5.60. The van der Waals surface area contributed by atoms with E-state index < -0.39 is 0 Å². The van der Waals surface area contributed by atoms with Crippen LogP contribution in [0.1, 0.15) is 12.0 Å². The fraction of sp³-hybridized carbons (Fsp3) is 0.417. The molecule has 2 nitrogen and oxygen atoms in total. The van der Waals surface area contributed by atoms with Gasteiger partial charge in [0.25, 0.3) is 0 Å². The molecule has 0 heterocycles. The molecule has 0 unspecified atom stereocenters. The van der Waals surface area contributed by atoms with Crippen LogP contribution in [0.15, 0.2) is 30.3 Å². The number of thioether (sulfide) groups is 1. The van der Waals surface area contributed by atoms with Gasteiger partial charge in [-0.25, -0.2) is 0 Å². The SMILES string of the molecule is O=C(CSCCCO)Cc1ccccc1. The van der Waals surface area contributed by atoms with E-state index in [9.17, 15) is 4.79 Å². The lowest BCUT2D eigenvalue weighted by atomic mass is 10.1. The van der Waals surface area contributed by atoms with Crippen molar-refractivity contribution in [3.8, 4) is 0 Å². The Hall–Kier alpha value is -0.800. The molecule has 1 aromatic carbocycles. The maximum atomic E-state index is 11.5. The number of hydrogen-bond acceptors (Lipinski definition) is 3. The highest BCUT2D eigenvalue weighted by molar-refractivity contribution is 7.99. The summed E-state index contributed by atoms with van der Waals surface area (Å²) < 4.78 is 0. The number of ketones is 1. The van der Waals surface area contributed by atoms with E-state index in [2.05, 4.69) is 0 Å². The van der Waals surface area contributed by atoms with Crippen molar-refractivity contribution in [2.45, 2.75) is 12.8 Å². The van der Waals surface area contributed by atoms with E-state index in [4.69, 9.17) is 5.11 Å². The molecule has 0 saturated carbocycles. The summed E-state index contributed by atoms with van der Waals surface area (Å²) in [6, 6.07) is 9.78. The molecule has 0 radical (unpaired) electrons. The van der Waals surface area contributed by atoms with Gasteiger partial charge in [-0.3, -0.25) is 4.79 Å². The number of aliphatic hydroxyl groups excluding tert-OH is 1. The largest absolute Gasteiger partial charge is 0.396 e. The van der Waals surface area contributed by atoms with E-state index in [1.165, 1.54) is 0 Å². The first-order valence-electron chi connectivity index (χ1n) is 5.07. The van der Waals surface area contributed by atoms with Gasteiger partial charge in [-0.15, -0.1) is 0 Å². The van der Waals surface area contributed by atoms with Crippen LogP contribution in [0.4, 0.5) is 0 Å². The monoisotopic (exact) mass is 224 g/mol. The van der Waals surface area contributed by atoms with Crippen LogP contribution < -0.4 is 0 Å². The Morgan fingerprint density at radius 2 is 2.00 bits per heavy atom. The van der Waals surface area contributed by atoms with Crippen molar-refractivity contribution in [1.29, 1.82) is 0 Å². The predicted octanol–water partition coefficient (Wildman–Crippen LogP) is 1.91. The number of benzene rings is 1. The second-order valence-corrected chi connectivity index (χ2v) is 4.44. The molecule has 1 rings (SSSR count). The predicted molar refractivity (Wildman–Crippen MR) is 64.2 cm³/mol. The van der Waals surface area contributed by atoms with Crippen LogP contribution in [0, 0.1) is 0 Å². The fourth-order valence-corrected chi connectivity index (χ4v) is 2.03. The van der Waals surface area contributed by atoms with Crippen molar-refractivity contribution in [3.05, 3.63) is 35.9 Å². The topological polar surface area (TPSA) is 37.3 Å². The van der Waals surface area contributed by atoms with E-state index in [0.717, 1.165) is 17.7 Å². The zero-order valence-corrected chi connectivity index (χ0v) is 9.50. The van der Waals surface area contributed by atoms with Crippen LogP contribution in [0.25, 0.3) is 0 Å². The molecule has 1 aromatic rings. The highest BCUT2D eigenvalue weighted by atomic mass is 32.2. The third-order valence-electron chi connectivity index (χ3n) is 1.95. The summed E-state index contributed by atoms with van der Waals surface area (Å²) in [6.07, 6.45) is 1.29. The van der Waals surface area contributed by atoms with Gasteiger partial charge in [0, 0.05) is 13.0 Å². The number of aliphatic hydroxyl groups is 1. The number of carbonyl (C=O) groups excluding carboxylic acids is 1. The molecule has 0 aliphatic rings. The molecule has 0 atom stereocenters. The molecule has 0 saturated heterocycles. The summed E-state index contributed by atoms with van der Waals surface area (Å²) in [4.78, 5) is 11.5. The van der Waals surface area contributed by atoms with E-state index >= 15 is 0 Å². The van der Waals surface area contributed by atoms with Crippen molar-refractivity contribution in [1.82, 2.24) is 0 Å². The molecule has 0 bridgehead atoms. The smallest absolute Gasteiger partial charge is 0.147 e. The summed E-state index contributed by atoms with van der Waals surface area (Å²) >= 11 is 1.60. The van der Waals surface area contributed by atoms with Crippen molar-refractivity contribution >= 4 is 17.5 Å². The summed E-state index contributed by atoms with van der Waals surface area (Å²) in [7, 11) is 0. The van der Waals surface area contributed by atoms with Crippen LogP contribution in [0.5, 0.6) is 0 Å². The number of hydrogen-bond donors (Lipinski definition) is 1. The van der Waals surface area contributed by atoms with Crippen LogP contribution >= 0.6 is 11.8 Å². The van der Waals surface area contributed by atoms with Gasteiger partial charge in [0.2, 0.25) is 0 Å². The molecule has 1 N–H and O–H groups in total. The summed E-state index contributed by atoms with van der Waals surface area (Å²) in [5.74, 6) is 1.66. The molecule has 0 aliphatic heterocycles. The second kappa shape index (κ2) is 7.49. The molecule has 82 valence electrons. The second-order valence-electron chi connectivity index (χ2n) is 3.33. The lowest BCUT2D eigenvalue weighted by Gasteiger charge is -2.00. The minimum atomic E-state index is 0.208. The van der Waals surface area contributed by atoms with Gasteiger partial charge in [0.15, 0.2) is 0 Å². The van der Waals surface area contributed by atoms with Crippen LogP contribution in [0.2, 0.25) is 0 Å². The zero-order valence-electron chi connectivity index (χ0n) is 8.69. The highest BCUT2D eigenvalue weighted by Gasteiger charge is 2.02. The minimum Gasteiger partial charge on any atom is -0.396 e. The first-order chi connectivity index (χ1) is 7.33. The lowest BCUT2D eigenvalue weighted by Crippen LogP contribution is -2.06. The standard InChI is InChI=1S/C12H16O2S/c13-7-4-8-15-10-12(14)9-11-5-2-1-3-6-11/h1-3,5-6,13H,4,7-10H2. The van der Waals surface area contributed by atoms with E-state index in [1.54, 1.807) is 11.8 Å². The quantitative estimate of drug-likeness (QED) is 0.719. The van der Waals surface area contributed by atoms with Crippen molar-refractivity contribution in [3.63, 3.8) is 0 Å². The Labute approximate surface area is 94.7 Å². The molecular formula is C12H16O2S. The first-order valence-corrected chi connectivity index (χ1v) is 6.22. The summed E-state index contributed by atoms with van der Waals surface area (Å²) in [5.41, 5.74) is 1.07. The molecule has 3 heteroatoms. The van der Waals surface area contributed by atoms with Crippen molar-refractivity contribution in [2.75, 3.05) is 18.1 Å². The highest BCUT2D eigenvalue weighted by Crippen LogP contribution is 2.06. The Morgan fingerprint density at radius 3 is 2.67 bits per heavy atom. The number of carbonyl (C=O) groups is 1. The normalized spacial score (nSPS) is 10.2. The summed E-state index contributed by atoms with van der Waals surface area (Å²) in [5, 5.41) is 8.57. The Bertz CT molecular complexity index is 285. The molecule has 0 aromatic heterocycles. The van der Waals surface area contributed by atoms with E-state index in [-0.39, 0.29) is 12.4 Å². The van der Waals surface area contributed by atoms with Gasteiger partial charge in [-0.05, 0) is 17.7 Å².